The van der Waals surface area contributed by atoms with Crippen molar-refractivity contribution in [2.24, 2.45) is 4.99 Å². The first-order valence-electron chi connectivity index (χ1n) is 5.53. The van der Waals surface area contributed by atoms with Crippen molar-refractivity contribution in [1.82, 2.24) is 10.2 Å². The second kappa shape index (κ2) is 6.61. The van der Waals surface area contributed by atoms with E-state index in [0.29, 0.717) is 19.2 Å². The predicted molar refractivity (Wildman–Crippen MR) is 73.3 cm³/mol. The van der Waals surface area contributed by atoms with Gasteiger partial charge in [0, 0.05) is 20.2 Å². The van der Waals surface area contributed by atoms with Gasteiger partial charge in [0.05, 0.1) is 25.3 Å². The third kappa shape index (κ3) is 3.21. The Labute approximate surface area is 113 Å². The van der Waals surface area contributed by atoms with E-state index in [0.717, 1.165) is 19.0 Å². The van der Waals surface area contributed by atoms with E-state index in [9.17, 15) is 5.11 Å². The van der Waals surface area contributed by atoms with E-state index >= 15 is 0 Å². The number of aliphatic hydroxyl groups excluding tert-OH is 1. The Balaban J connectivity index is 0.00000128. The minimum atomic E-state index is -0.459. The Bertz CT molecular complexity index is 250. The van der Waals surface area contributed by atoms with Crippen LogP contribution in [0.5, 0.6) is 0 Å². The van der Waals surface area contributed by atoms with Crippen LogP contribution in [0.4, 0.5) is 0 Å². The maximum atomic E-state index is 9.49. The van der Waals surface area contributed by atoms with Crippen LogP contribution < -0.4 is 5.32 Å². The number of ether oxygens (including phenoxy) is 1. The molecule has 0 aromatic heterocycles. The van der Waals surface area contributed by atoms with Crippen LogP contribution in [0, 0.1) is 0 Å². The van der Waals surface area contributed by atoms with Gasteiger partial charge in [0.2, 0.25) is 0 Å². The van der Waals surface area contributed by atoms with Crippen LogP contribution >= 0.6 is 24.0 Å². The Hall–Kier alpha value is -0.0800. The first kappa shape index (κ1) is 14.0. The molecular weight excluding hydrogens is 321 g/mol. The van der Waals surface area contributed by atoms with Gasteiger partial charge in [-0.3, -0.25) is 4.99 Å². The lowest BCUT2D eigenvalue weighted by Gasteiger charge is -2.21. The highest BCUT2D eigenvalue weighted by Gasteiger charge is 2.31. The van der Waals surface area contributed by atoms with E-state index < -0.39 is 6.10 Å². The summed E-state index contributed by atoms with van der Waals surface area (Å²) in [5, 5.41) is 12.7. The van der Waals surface area contributed by atoms with E-state index in [-0.39, 0.29) is 24.0 Å². The summed E-state index contributed by atoms with van der Waals surface area (Å²) in [4.78, 5) is 6.74. The van der Waals surface area contributed by atoms with Crippen molar-refractivity contribution in [3.63, 3.8) is 0 Å². The Morgan fingerprint density at radius 1 is 1.69 bits per heavy atom. The summed E-state index contributed by atoms with van der Waals surface area (Å²) in [5.41, 5.74) is 0. The lowest BCUT2D eigenvalue weighted by atomic mass is 10.2. The minimum Gasteiger partial charge on any atom is -0.389 e. The SMILES string of the molecule is COC[C@H](O)CNC1=NC[C@H]2CCCN12.I. The molecule has 2 N–H and O–H groups in total. The van der Waals surface area contributed by atoms with E-state index in [1.54, 1.807) is 7.11 Å². The summed E-state index contributed by atoms with van der Waals surface area (Å²) >= 11 is 0. The van der Waals surface area contributed by atoms with Crippen LogP contribution in [-0.4, -0.2) is 61.5 Å². The van der Waals surface area contributed by atoms with Crippen molar-refractivity contribution >= 4 is 29.9 Å². The second-order valence-corrected chi connectivity index (χ2v) is 4.14. The molecule has 0 aromatic carbocycles. The summed E-state index contributed by atoms with van der Waals surface area (Å²) in [6, 6.07) is 0.604. The lowest BCUT2D eigenvalue weighted by molar-refractivity contribution is 0.0670. The van der Waals surface area contributed by atoms with Gasteiger partial charge >= 0.3 is 0 Å². The van der Waals surface area contributed by atoms with Gasteiger partial charge in [-0.15, -0.1) is 24.0 Å². The van der Waals surface area contributed by atoms with Gasteiger partial charge in [0.15, 0.2) is 5.96 Å². The van der Waals surface area contributed by atoms with Crippen LogP contribution in [0.25, 0.3) is 0 Å². The molecule has 0 bridgehead atoms. The molecule has 0 aliphatic carbocycles. The Morgan fingerprint density at radius 3 is 3.25 bits per heavy atom. The van der Waals surface area contributed by atoms with E-state index in [4.69, 9.17) is 4.74 Å². The van der Waals surface area contributed by atoms with Gasteiger partial charge in [-0.05, 0) is 12.8 Å². The first-order chi connectivity index (χ1) is 7.31. The van der Waals surface area contributed by atoms with Crippen molar-refractivity contribution < 1.29 is 9.84 Å². The molecule has 2 aliphatic rings. The number of methoxy groups -OCH3 is 1. The van der Waals surface area contributed by atoms with Crippen molar-refractivity contribution in [3.05, 3.63) is 0 Å². The van der Waals surface area contributed by atoms with Crippen LogP contribution in [0.2, 0.25) is 0 Å². The fourth-order valence-electron chi connectivity index (χ4n) is 2.20. The predicted octanol–water partition coefficient (Wildman–Crippen LogP) is 0.0353. The zero-order valence-corrected chi connectivity index (χ0v) is 11.9. The largest absolute Gasteiger partial charge is 0.389 e. The number of nitrogens with zero attached hydrogens (tertiary/aromatic N) is 2. The molecule has 2 aliphatic heterocycles. The van der Waals surface area contributed by atoms with Crippen LogP contribution in [0.1, 0.15) is 12.8 Å². The van der Waals surface area contributed by atoms with Crippen LogP contribution in [-0.2, 0) is 4.74 Å². The third-order valence-electron chi connectivity index (χ3n) is 2.96. The average molecular weight is 341 g/mol. The molecule has 2 rings (SSSR count). The normalized spacial score (nSPS) is 24.8. The highest BCUT2D eigenvalue weighted by Crippen LogP contribution is 2.21. The Morgan fingerprint density at radius 2 is 2.50 bits per heavy atom. The molecule has 1 fully saturated rings. The maximum Gasteiger partial charge on any atom is 0.194 e. The van der Waals surface area contributed by atoms with Crippen LogP contribution in [0.3, 0.4) is 0 Å². The molecule has 0 unspecified atom stereocenters. The number of aliphatic hydroxyl groups is 1. The topological polar surface area (TPSA) is 57.1 Å². The zero-order chi connectivity index (χ0) is 10.7. The van der Waals surface area contributed by atoms with Gasteiger partial charge in [0.25, 0.3) is 0 Å². The number of nitrogens with one attached hydrogen (secondary N) is 1. The van der Waals surface area contributed by atoms with Gasteiger partial charge < -0.3 is 20.1 Å². The number of fused-ring (bicyclic) bond motifs is 1. The van der Waals surface area contributed by atoms with E-state index in [1.807, 2.05) is 0 Å². The second-order valence-electron chi connectivity index (χ2n) is 4.14. The van der Waals surface area contributed by atoms with Crippen molar-refractivity contribution in [2.45, 2.75) is 25.0 Å². The van der Waals surface area contributed by atoms with Crippen molar-refractivity contribution in [3.8, 4) is 0 Å². The van der Waals surface area contributed by atoms with E-state index in [2.05, 4.69) is 15.2 Å². The van der Waals surface area contributed by atoms with Gasteiger partial charge in [-0.2, -0.15) is 0 Å². The molecule has 1 saturated heterocycles. The summed E-state index contributed by atoms with van der Waals surface area (Å²) in [7, 11) is 1.59. The number of halogens is 1. The summed E-state index contributed by atoms with van der Waals surface area (Å²) in [6.07, 6.45) is 2.04. The average Bonchev–Trinajstić information content (AvgIpc) is 2.77. The molecule has 0 amide bonds. The molecular formula is C10H20IN3O2. The molecule has 16 heavy (non-hydrogen) atoms. The first-order valence-corrected chi connectivity index (χ1v) is 5.53. The molecule has 94 valence electrons. The Kier molecular flexibility index (Phi) is 5.77. The number of hydrogen-bond acceptors (Lipinski definition) is 5. The third-order valence-corrected chi connectivity index (χ3v) is 2.96. The highest BCUT2D eigenvalue weighted by atomic mass is 127. The van der Waals surface area contributed by atoms with Crippen molar-refractivity contribution in [2.75, 3.05) is 33.4 Å². The van der Waals surface area contributed by atoms with Crippen LogP contribution in [0.15, 0.2) is 4.99 Å². The minimum absolute atomic E-state index is 0. The number of guanidine groups is 1. The molecule has 2 atom stereocenters. The standard InChI is InChI=1S/C10H19N3O2.HI/c1-15-7-9(14)6-12-10-11-5-8-3-2-4-13(8)10;/h8-9,14H,2-7H2,1H3,(H,11,12);1H/t8-,9-;/m1./s1. The lowest BCUT2D eigenvalue weighted by Crippen LogP contribution is -2.43. The van der Waals surface area contributed by atoms with Gasteiger partial charge in [0.1, 0.15) is 0 Å². The van der Waals surface area contributed by atoms with Gasteiger partial charge in [-0.25, -0.2) is 0 Å². The summed E-state index contributed by atoms with van der Waals surface area (Å²) < 4.78 is 4.86. The number of aliphatic imine (C=N–C) groups is 1. The van der Waals surface area contributed by atoms with Gasteiger partial charge in [-0.1, -0.05) is 0 Å². The molecule has 0 radical (unpaired) electrons. The number of rotatable bonds is 4. The smallest absolute Gasteiger partial charge is 0.194 e. The molecule has 0 spiro atoms. The fraction of sp³-hybridized carbons (Fsp3) is 0.900. The molecule has 5 nitrogen and oxygen atoms in total. The molecule has 0 aromatic rings. The molecule has 6 heteroatoms. The quantitative estimate of drug-likeness (QED) is 0.709. The monoisotopic (exact) mass is 341 g/mol. The van der Waals surface area contributed by atoms with E-state index in [1.165, 1.54) is 12.8 Å². The molecule has 0 saturated carbocycles. The van der Waals surface area contributed by atoms with Crippen molar-refractivity contribution in [1.29, 1.82) is 0 Å². The summed E-state index contributed by atoms with van der Waals surface area (Å²) in [6.45, 7) is 2.87. The highest BCUT2D eigenvalue weighted by molar-refractivity contribution is 14.0. The fourth-order valence-corrected chi connectivity index (χ4v) is 2.20. The molecule has 2 heterocycles. The zero-order valence-electron chi connectivity index (χ0n) is 9.56. The number of hydrogen-bond donors (Lipinski definition) is 2. The maximum absolute atomic E-state index is 9.49. The summed E-state index contributed by atoms with van der Waals surface area (Å²) in [5.74, 6) is 0.952.